The number of nitrogens with one attached hydrogen (secondary N) is 1. The molecule has 0 heterocycles. The molecule has 0 aliphatic rings. The number of hydrogen-bond donors (Lipinski definition) is 2. The van der Waals surface area contributed by atoms with Gasteiger partial charge in [0.05, 0.1) is 0 Å². The Morgan fingerprint density at radius 1 is 1.31 bits per heavy atom. The molecule has 0 radical (unpaired) electrons. The summed E-state index contributed by atoms with van der Waals surface area (Å²) in [7, 11) is 0. The van der Waals surface area contributed by atoms with Crippen LogP contribution in [0, 0.1) is 0 Å². The molecule has 0 aromatic heterocycles. The summed E-state index contributed by atoms with van der Waals surface area (Å²) in [6, 6.07) is 0. The van der Waals surface area contributed by atoms with Crippen LogP contribution in [0.1, 0.15) is 19.3 Å². The van der Waals surface area contributed by atoms with Gasteiger partial charge in [-0.15, -0.1) is 0 Å². The molecule has 3 nitrogen and oxygen atoms in total. The van der Waals surface area contributed by atoms with E-state index in [-0.39, 0.29) is 6.54 Å². The van der Waals surface area contributed by atoms with E-state index >= 15 is 0 Å². The first-order valence-electron chi connectivity index (χ1n) is 3.99. The first-order valence-corrected chi connectivity index (χ1v) is 3.99. The zero-order valence-corrected chi connectivity index (χ0v) is 7.16. The van der Waals surface area contributed by atoms with Crippen molar-refractivity contribution >= 4 is 5.91 Å². The second-order valence-corrected chi connectivity index (χ2v) is 2.64. The number of unbranched alkanes of at least 4 members (excludes halogenated alkanes) is 1. The highest BCUT2D eigenvalue weighted by molar-refractivity contribution is 5.76. The second-order valence-electron chi connectivity index (χ2n) is 2.64. The molecule has 0 rings (SSSR count). The van der Waals surface area contributed by atoms with E-state index in [1.165, 1.54) is 0 Å². The monoisotopic (exact) mass is 198 g/mol. The second kappa shape index (κ2) is 5.80. The number of amides is 1. The minimum Gasteiger partial charge on any atom is -0.356 e. The number of alkyl halides is 3. The lowest BCUT2D eigenvalue weighted by Gasteiger charge is -2.06. The molecule has 1 amide bonds. The van der Waals surface area contributed by atoms with Gasteiger partial charge in [-0.25, -0.2) is 0 Å². The van der Waals surface area contributed by atoms with Crippen LogP contribution in [0.3, 0.4) is 0 Å². The normalized spacial score (nSPS) is 11.4. The number of halogens is 3. The zero-order chi connectivity index (χ0) is 10.3. The summed E-state index contributed by atoms with van der Waals surface area (Å²) < 4.78 is 34.8. The third-order valence-electron chi connectivity index (χ3n) is 1.31. The molecule has 13 heavy (non-hydrogen) atoms. The summed E-state index contributed by atoms with van der Waals surface area (Å²) in [5.41, 5.74) is 5.15. The molecular formula is C7H13F3N2O. The molecule has 0 fully saturated rings. The van der Waals surface area contributed by atoms with Crippen LogP contribution in [0.4, 0.5) is 13.2 Å². The van der Waals surface area contributed by atoms with Crippen molar-refractivity contribution in [2.24, 2.45) is 5.73 Å². The predicted octanol–water partition coefficient (Wildman–Crippen LogP) is 0.794. The molecule has 6 heteroatoms. The minimum absolute atomic E-state index is 0.256. The van der Waals surface area contributed by atoms with Gasteiger partial charge >= 0.3 is 6.18 Å². The maximum absolute atomic E-state index is 11.6. The SMILES string of the molecule is NCCCCNC(=O)CC(F)(F)F. The fourth-order valence-corrected chi connectivity index (χ4v) is 0.742. The molecule has 0 aromatic rings. The Labute approximate surface area is 74.5 Å². The first-order chi connectivity index (χ1) is 5.95. The van der Waals surface area contributed by atoms with Crippen molar-refractivity contribution in [3.8, 4) is 0 Å². The Hall–Kier alpha value is -0.780. The molecule has 0 aliphatic heterocycles. The lowest BCUT2D eigenvalue weighted by atomic mass is 10.3. The van der Waals surface area contributed by atoms with Gasteiger partial charge in [-0.3, -0.25) is 4.79 Å². The Balaban J connectivity index is 3.41. The van der Waals surface area contributed by atoms with Crippen molar-refractivity contribution in [2.75, 3.05) is 13.1 Å². The number of hydrogen-bond acceptors (Lipinski definition) is 2. The van der Waals surface area contributed by atoms with E-state index < -0.39 is 18.5 Å². The first kappa shape index (κ1) is 12.2. The van der Waals surface area contributed by atoms with Crippen molar-refractivity contribution in [1.82, 2.24) is 5.32 Å². The quantitative estimate of drug-likeness (QED) is 0.642. The Bertz CT molecular complexity index is 158. The fourth-order valence-electron chi connectivity index (χ4n) is 0.742. The van der Waals surface area contributed by atoms with E-state index in [1.807, 2.05) is 0 Å². The molecule has 0 saturated carbocycles. The van der Waals surface area contributed by atoms with Gasteiger partial charge in [0.15, 0.2) is 0 Å². The van der Waals surface area contributed by atoms with Gasteiger partial charge in [0.25, 0.3) is 0 Å². The third-order valence-corrected chi connectivity index (χ3v) is 1.31. The molecule has 0 atom stereocenters. The molecule has 0 saturated heterocycles. The Morgan fingerprint density at radius 3 is 2.38 bits per heavy atom. The van der Waals surface area contributed by atoms with Crippen molar-refractivity contribution in [3.63, 3.8) is 0 Å². The minimum atomic E-state index is -4.42. The van der Waals surface area contributed by atoms with Gasteiger partial charge in [0, 0.05) is 6.54 Å². The largest absolute Gasteiger partial charge is 0.397 e. The molecule has 78 valence electrons. The standard InChI is InChI=1S/C7H13F3N2O/c8-7(9,10)5-6(13)12-4-2-1-3-11/h1-5,11H2,(H,12,13). The van der Waals surface area contributed by atoms with E-state index in [0.717, 1.165) is 0 Å². The average Bonchev–Trinajstić information content (AvgIpc) is 1.94. The zero-order valence-electron chi connectivity index (χ0n) is 7.16. The predicted molar refractivity (Wildman–Crippen MR) is 42.0 cm³/mol. The van der Waals surface area contributed by atoms with Crippen molar-refractivity contribution in [1.29, 1.82) is 0 Å². The van der Waals surface area contributed by atoms with Crippen molar-refractivity contribution < 1.29 is 18.0 Å². The van der Waals surface area contributed by atoms with Crippen LogP contribution in [-0.2, 0) is 4.79 Å². The molecule has 0 spiro atoms. The summed E-state index contributed by atoms with van der Waals surface area (Å²) in [6.07, 6.45) is -4.51. The summed E-state index contributed by atoms with van der Waals surface area (Å²) in [4.78, 5) is 10.6. The van der Waals surface area contributed by atoms with E-state index in [1.54, 1.807) is 0 Å². The summed E-state index contributed by atoms with van der Waals surface area (Å²) in [5, 5.41) is 2.16. The van der Waals surface area contributed by atoms with E-state index in [0.29, 0.717) is 19.4 Å². The van der Waals surface area contributed by atoms with Gasteiger partial charge in [0.2, 0.25) is 5.91 Å². The van der Waals surface area contributed by atoms with Gasteiger partial charge < -0.3 is 11.1 Å². The topological polar surface area (TPSA) is 55.1 Å². The van der Waals surface area contributed by atoms with Crippen LogP contribution in [0.15, 0.2) is 0 Å². The summed E-state index contributed by atoms with van der Waals surface area (Å²) in [5.74, 6) is -0.982. The Morgan fingerprint density at radius 2 is 1.92 bits per heavy atom. The highest BCUT2D eigenvalue weighted by Crippen LogP contribution is 2.18. The van der Waals surface area contributed by atoms with Crippen LogP contribution in [0.2, 0.25) is 0 Å². The van der Waals surface area contributed by atoms with E-state index in [2.05, 4.69) is 5.32 Å². The highest BCUT2D eigenvalue weighted by atomic mass is 19.4. The van der Waals surface area contributed by atoms with Crippen molar-refractivity contribution in [2.45, 2.75) is 25.4 Å². The molecule has 0 unspecified atom stereocenters. The smallest absolute Gasteiger partial charge is 0.356 e. The third kappa shape index (κ3) is 9.13. The van der Waals surface area contributed by atoms with Crippen LogP contribution in [-0.4, -0.2) is 25.2 Å². The van der Waals surface area contributed by atoms with Crippen LogP contribution < -0.4 is 11.1 Å². The number of carbonyl (C=O) groups excluding carboxylic acids is 1. The molecule has 0 bridgehead atoms. The average molecular weight is 198 g/mol. The number of carbonyl (C=O) groups is 1. The molecular weight excluding hydrogens is 185 g/mol. The summed E-state index contributed by atoms with van der Waals surface area (Å²) in [6.45, 7) is 0.737. The maximum atomic E-state index is 11.6. The summed E-state index contributed by atoms with van der Waals surface area (Å²) >= 11 is 0. The lowest BCUT2D eigenvalue weighted by molar-refractivity contribution is -0.153. The van der Waals surface area contributed by atoms with Crippen molar-refractivity contribution in [3.05, 3.63) is 0 Å². The highest BCUT2D eigenvalue weighted by Gasteiger charge is 2.30. The van der Waals surface area contributed by atoms with Crippen LogP contribution in [0.5, 0.6) is 0 Å². The molecule has 0 aromatic carbocycles. The van der Waals surface area contributed by atoms with Crippen LogP contribution >= 0.6 is 0 Å². The Kier molecular flexibility index (Phi) is 5.45. The number of nitrogens with two attached hydrogens (primary N) is 1. The van der Waals surface area contributed by atoms with Gasteiger partial charge in [-0.05, 0) is 19.4 Å². The van der Waals surface area contributed by atoms with Crippen LogP contribution in [0.25, 0.3) is 0 Å². The molecule has 3 N–H and O–H groups in total. The number of rotatable bonds is 5. The van der Waals surface area contributed by atoms with Gasteiger partial charge in [-0.1, -0.05) is 0 Å². The van der Waals surface area contributed by atoms with Gasteiger partial charge in [-0.2, -0.15) is 13.2 Å². The fraction of sp³-hybridized carbons (Fsp3) is 0.857. The van der Waals surface area contributed by atoms with E-state index in [9.17, 15) is 18.0 Å². The van der Waals surface area contributed by atoms with E-state index in [4.69, 9.17) is 5.73 Å². The van der Waals surface area contributed by atoms with Gasteiger partial charge in [0.1, 0.15) is 6.42 Å². The molecule has 0 aliphatic carbocycles. The maximum Gasteiger partial charge on any atom is 0.397 e. The lowest BCUT2D eigenvalue weighted by Crippen LogP contribution is -2.29.